The smallest absolute Gasteiger partial charge is 0.269 e. The first-order chi connectivity index (χ1) is 17.1. The lowest BCUT2D eigenvalue weighted by atomic mass is 9.97. The molecule has 0 fully saturated rings. The van der Waals surface area contributed by atoms with Gasteiger partial charge in [0.25, 0.3) is 10.6 Å². The second kappa shape index (κ2) is 11.0. The van der Waals surface area contributed by atoms with Gasteiger partial charge in [0.1, 0.15) is 9.20 Å². The lowest BCUT2D eigenvalue weighted by molar-refractivity contribution is -0.685. The van der Waals surface area contributed by atoms with Crippen molar-refractivity contribution in [3.05, 3.63) is 100 Å². The zero-order valence-corrected chi connectivity index (χ0v) is 23.9. The van der Waals surface area contributed by atoms with Crippen LogP contribution in [0, 0.1) is 5.92 Å². The Morgan fingerprint density at radius 2 is 2.00 bits per heavy atom. The van der Waals surface area contributed by atoms with Crippen molar-refractivity contribution in [2.75, 3.05) is 0 Å². The molecule has 3 nitrogen and oxygen atoms in total. The second-order valence-electron chi connectivity index (χ2n) is 8.68. The molecule has 0 aliphatic carbocycles. The summed E-state index contributed by atoms with van der Waals surface area (Å²) in [5.41, 5.74) is 2.79. The molecule has 1 aliphatic rings. The maximum absolute atomic E-state index is 13.7. The molecule has 0 radical (unpaired) electrons. The van der Waals surface area contributed by atoms with E-state index in [0.717, 1.165) is 44.5 Å². The van der Waals surface area contributed by atoms with E-state index in [0.29, 0.717) is 12.5 Å². The van der Waals surface area contributed by atoms with Crippen LogP contribution in [0.5, 0.6) is 0 Å². The van der Waals surface area contributed by atoms with Crippen LogP contribution in [-0.4, -0.2) is 4.57 Å². The van der Waals surface area contributed by atoms with Gasteiger partial charge >= 0.3 is 0 Å². The van der Waals surface area contributed by atoms with Gasteiger partial charge in [0.05, 0.1) is 11.5 Å². The molecule has 1 unspecified atom stereocenters. The molecular weight excluding hydrogens is 556 g/mol. The van der Waals surface area contributed by atoms with Crippen LogP contribution >= 0.6 is 50.4 Å². The zero-order valence-electron chi connectivity index (χ0n) is 19.9. The number of hydrogen-bond donors (Lipinski definition) is 0. The Labute approximate surface area is 226 Å². The van der Waals surface area contributed by atoms with Crippen molar-refractivity contribution in [2.45, 2.75) is 51.1 Å². The Bertz CT molecular complexity index is 1520. The van der Waals surface area contributed by atoms with E-state index in [-0.39, 0.29) is 5.56 Å². The highest BCUT2D eigenvalue weighted by molar-refractivity contribution is 9.10. The van der Waals surface area contributed by atoms with Gasteiger partial charge < -0.3 is 0 Å². The van der Waals surface area contributed by atoms with E-state index in [4.69, 9.17) is 0 Å². The lowest BCUT2D eigenvalue weighted by Crippen LogP contribution is -2.36. The van der Waals surface area contributed by atoms with Gasteiger partial charge in [-0.05, 0) is 55.9 Å². The molecule has 0 N–H and O–H groups in total. The third-order valence-electron chi connectivity index (χ3n) is 6.48. The standard InChI is InChI=1S/C28H28BrN2OS3/c1-3-20-10-11-21-16-22(29)12-13-23(21)34-26(20)27-28(32)31(4-2)25(35-27)17-24-30(14-15-33-24)18-19-8-6-5-7-9-19/h5-9,12-17,20H,3-4,10-11,18H2,1-2H3/q+1. The second-order valence-corrected chi connectivity index (χ2v) is 12.6. The Balaban J connectivity index is 1.63. The Kier molecular flexibility index (Phi) is 7.77. The highest BCUT2D eigenvalue weighted by atomic mass is 79.9. The third-order valence-corrected chi connectivity index (χ3v) is 10.5. The molecule has 0 saturated heterocycles. The van der Waals surface area contributed by atoms with Gasteiger partial charge in [0.15, 0.2) is 12.7 Å². The fourth-order valence-electron chi connectivity index (χ4n) is 4.56. The number of halogens is 1. The third kappa shape index (κ3) is 5.29. The zero-order chi connectivity index (χ0) is 24.4. The first kappa shape index (κ1) is 24.8. The molecule has 0 saturated carbocycles. The summed E-state index contributed by atoms with van der Waals surface area (Å²) in [4.78, 5) is 16.2. The topological polar surface area (TPSA) is 25.9 Å². The van der Waals surface area contributed by atoms with Crippen molar-refractivity contribution in [3.63, 3.8) is 0 Å². The molecule has 5 rings (SSSR count). The van der Waals surface area contributed by atoms with Crippen molar-refractivity contribution >= 4 is 61.3 Å². The molecule has 0 spiro atoms. The number of benzene rings is 2. The van der Waals surface area contributed by atoms with E-state index in [1.54, 1.807) is 22.7 Å². The molecule has 2 aromatic carbocycles. The number of rotatable bonds is 5. The predicted octanol–water partition coefficient (Wildman–Crippen LogP) is 5.79. The fourth-order valence-corrected chi connectivity index (χ4v) is 8.55. The number of aromatic nitrogens is 2. The van der Waals surface area contributed by atoms with Crippen molar-refractivity contribution in [3.8, 4) is 0 Å². The fraction of sp³-hybridized carbons (Fsp3) is 0.286. The molecule has 1 atom stereocenters. The quantitative estimate of drug-likeness (QED) is 0.278. The van der Waals surface area contributed by atoms with Crippen LogP contribution in [-0.2, 0) is 19.5 Å². The summed E-state index contributed by atoms with van der Waals surface area (Å²) in [7, 11) is 0. The molecule has 2 aromatic heterocycles. The van der Waals surface area contributed by atoms with E-state index in [2.05, 4.69) is 94.5 Å². The largest absolute Gasteiger partial charge is 0.299 e. The molecule has 4 aromatic rings. The SMILES string of the molecule is CCC1CCc2cc(Br)ccc2SC1=c1sc(=Cc2scc[n+]2Cc2ccccc2)n(CC)c1=O. The average Bonchev–Trinajstić information content (AvgIpc) is 3.37. The first-order valence-electron chi connectivity index (χ1n) is 12.0. The summed E-state index contributed by atoms with van der Waals surface area (Å²) in [6.45, 7) is 5.80. The van der Waals surface area contributed by atoms with Crippen LogP contribution in [0.3, 0.4) is 0 Å². The number of aryl methyl sites for hydroxylation is 1. The highest BCUT2D eigenvalue weighted by Crippen LogP contribution is 2.42. The summed E-state index contributed by atoms with van der Waals surface area (Å²) in [5, 5.41) is 3.28. The normalized spacial score (nSPS) is 17.9. The van der Waals surface area contributed by atoms with Gasteiger partial charge in [-0.15, -0.1) is 11.3 Å². The van der Waals surface area contributed by atoms with E-state index < -0.39 is 0 Å². The van der Waals surface area contributed by atoms with E-state index >= 15 is 0 Å². The molecule has 0 amide bonds. The van der Waals surface area contributed by atoms with Gasteiger partial charge in [0, 0.05) is 26.4 Å². The molecule has 7 heteroatoms. The van der Waals surface area contributed by atoms with Crippen molar-refractivity contribution in [1.29, 1.82) is 0 Å². The van der Waals surface area contributed by atoms with Crippen LogP contribution in [0.1, 0.15) is 42.8 Å². The van der Waals surface area contributed by atoms with Crippen molar-refractivity contribution in [1.82, 2.24) is 4.57 Å². The van der Waals surface area contributed by atoms with Gasteiger partial charge in [0.2, 0.25) is 0 Å². The number of fused-ring (bicyclic) bond motifs is 1. The van der Waals surface area contributed by atoms with Gasteiger partial charge in [-0.3, -0.25) is 9.36 Å². The molecule has 180 valence electrons. The summed E-state index contributed by atoms with van der Waals surface area (Å²) < 4.78 is 7.27. The van der Waals surface area contributed by atoms with Crippen LogP contribution < -0.4 is 19.3 Å². The number of nitrogens with zero attached hydrogens (tertiary/aromatic N) is 2. The predicted molar refractivity (Wildman–Crippen MR) is 153 cm³/mol. The minimum Gasteiger partial charge on any atom is -0.299 e. The summed E-state index contributed by atoms with van der Waals surface area (Å²) in [6.07, 6.45) is 7.49. The van der Waals surface area contributed by atoms with Crippen molar-refractivity contribution in [2.24, 2.45) is 5.92 Å². The molecule has 0 bridgehead atoms. The van der Waals surface area contributed by atoms with Crippen LogP contribution in [0.25, 0.3) is 11.0 Å². The number of thiazole rings is 2. The first-order valence-corrected chi connectivity index (χ1v) is 15.3. The summed E-state index contributed by atoms with van der Waals surface area (Å²) in [6, 6.07) is 17.0. The van der Waals surface area contributed by atoms with Crippen LogP contribution in [0.4, 0.5) is 0 Å². The average molecular weight is 585 g/mol. The highest BCUT2D eigenvalue weighted by Gasteiger charge is 2.23. The lowest BCUT2D eigenvalue weighted by Gasteiger charge is -2.13. The van der Waals surface area contributed by atoms with Crippen LogP contribution in [0.2, 0.25) is 0 Å². The van der Waals surface area contributed by atoms with Gasteiger partial charge in [-0.2, -0.15) is 4.57 Å². The van der Waals surface area contributed by atoms with E-state index in [9.17, 15) is 4.79 Å². The summed E-state index contributed by atoms with van der Waals surface area (Å²) in [5.74, 6) is 0.403. The number of thioether (sulfide) groups is 1. The van der Waals surface area contributed by atoms with Gasteiger partial charge in [-0.25, -0.2) is 0 Å². The maximum atomic E-state index is 13.7. The molecule has 1 aliphatic heterocycles. The molecular formula is C28H28BrN2OS3+. The minimum absolute atomic E-state index is 0.149. The monoisotopic (exact) mass is 583 g/mol. The Hall–Kier alpha value is -1.93. The van der Waals surface area contributed by atoms with E-state index in [1.807, 2.05) is 22.4 Å². The number of hydrogen-bond acceptors (Lipinski definition) is 4. The van der Waals surface area contributed by atoms with Crippen molar-refractivity contribution < 1.29 is 4.57 Å². The van der Waals surface area contributed by atoms with E-state index in [1.165, 1.54) is 20.9 Å². The Morgan fingerprint density at radius 3 is 2.77 bits per heavy atom. The Morgan fingerprint density at radius 1 is 1.17 bits per heavy atom. The van der Waals surface area contributed by atoms with Crippen LogP contribution in [0.15, 0.2) is 74.3 Å². The minimum atomic E-state index is 0.149. The molecule has 3 heterocycles. The molecule has 35 heavy (non-hydrogen) atoms. The van der Waals surface area contributed by atoms with Gasteiger partial charge in [-0.1, -0.05) is 76.3 Å². The summed E-state index contributed by atoms with van der Waals surface area (Å²) >= 11 is 8.81. The maximum Gasteiger partial charge on any atom is 0.269 e.